The summed E-state index contributed by atoms with van der Waals surface area (Å²) in [7, 11) is 0. The van der Waals surface area contributed by atoms with Crippen LogP contribution in [0, 0.1) is 10.1 Å². The van der Waals surface area contributed by atoms with Crippen molar-refractivity contribution in [3.63, 3.8) is 0 Å². The highest BCUT2D eigenvalue weighted by atomic mass is 16.6. The fourth-order valence-electron chi connectivity index (χ4n) is 2.12. The summed E-state index contributed by atoms with van der Waals surface area (Å²) < 4.78 is 0. The number of hydrogen-bond donors (Lipinski definition) is 2. The summed E-state index contributed by atoms with van der Waals surface area (Å²) in [5.74, 6) is -0.259. The van der Waals surface area contributed by atoms with Crippen molar-refractivity contribution in [2.75, 3.05) is 6.54 Å². The molecule has 1 saturated carbocycles. The molecular weight excluding hydrogens is 208 g/mol. The van der Waals surface area contributed by atoms with Gasteiger partial charge in [-0.25, -0.2) is 0 Å². The molecular formula is C11H14N2O3. The fraction of sp³-hybridized carbons (Fsp3) is 0.455. The van der Waals surface area contributed by atoms with E-state index < -0.39 is 4.92 Å². The number of nitro benzene ring substituents is 1. The molecule has 0 radical (unpaired) electrons. The van der Waals surface area contributed by atoms with Gasteiger partial charge in [0.25, 0.3) is 0 Å². The van der Waals surface area contributed by atoms with Crippen molar-refractivity contribution >= 4 is 5.69 Å². The first kappa shape index (κ1) is 10.9. The molecule has 5 nitrogen and oxygen atoms in total. The first-order valence-corrected chi connectivity index (χ1v) is 5.27. The van der Waals surface area contributed by atoms with Crippen molar-refractivity contribution in [2.45, 2.75) is 24.7 Å². The standard InChI is InChI=1S/C11H14N2O3/c12-6-5-11(3-4-11)8-1-2-9(13(15)16)10(14)7-8/h1-2,7,14H,3-6,12H2. The molecule has 86 valence electrons. The predicted molar refractivity (Wildman–Crippen MR) is 59.3 cm³/mol. The van der Waals surface area contributed by atoms with E-state index in [2.05, 4.69) is 0 Å². The van der Waals surface area contributed by atoms with Crippen molar-refractivity contribution in [1.29, 1.82) is 0 Å². The molecule has 0 spiro atoms. The van der Waals surface area contributed by atoms with Crippen molar-refractivity contribution in [3.8, 4) is 5.75 Å². The third-order valence-electron chi connectivity index (χ3n) is 3.26. The van der Waals surface area contributed by atoms with Crippen LogP contribution in [0.3, 0.4) is 0 Å². The van der Waals surface area contributed by atoms with Crippen LogP contribution in [-0.4, -0.2) is 16.6 Å². The van der Waals surface area contributed by atoms with Gasteiger partial charge < -0.3 is 10.8 Å². The first-order chi connectivity index (χ1) is 7.59. The Labute approximate surface area is 93.0 Å². The molecule has 3 N–H and O–H groups in total. The maximum Gasteiger partial charge on any atom is 0.310 e. The van der Waals surface area contributed by atoms with Crippen LogP contribution in [0.15, 0.2) is 18.2 Å². The number of nitrogens with two attached hydrogens (primary N) is 1. The van der Waals surface area contributed by atoms with Crippen molar-refractivity contribution < 1.29 is 10.0 Å². The Morgan fingerprint density at radius 1 is 1.50 bits per heavy atom. The van der Waals surface area contributed by atoms with Gasteiger partial charge in [0.1, 0.15) is 0 Å². The van der Waals surface area contributed by atoms with Crippen LogP contribution >= 0.6 is 0 Å². The molecule has 0 heterocycles. The lowest BCUT2D eigenvalue weighted by Crippen LogP contribution is -2.13. The maximum absolute atomic E-state index is 10.5. The average molecular weight is 222 g/mol. The van der Waals surface area contributed by atoms with E-state index in [-0.39, 0.29) is 16.9 Å². The van der Waals surface area contributed by atoms with Crippen molar-refractivity contribution in [1.82, 2.24) is 0 Å². The van der Waals surface area contributed by atoms with Gasteiger partial charge in [0.2, 0.25) is 0 Å². The van der Waals surface area contributed by atoms with Gasteiger partial charge in [-0.1, -0.05) is 6.07 Å². The Morgan fingerprint density at radius 3 is 2.62 bits per heavy atom. The summed E-state index contributed by atoms with van der Waals surface area (Å²) in [5, 5.41) is 20.1. The predicted octanol–water partition coefficient (Wildman–Crippen LogP) is 1.68. The second kappa shape index (κ2) is 3.75. The summed E-state index contributed by atoms with van der Waals surface area (Å²) >= 11 is 0. The minimum absolute atomic E-state index is 0.0569. The summed E-state index contributed by atoms with van der Waals surface area (Å²) in [6, 6.07) is 4.59. The second-order valence-corrected chi connectivity index (χ2v) is 4.28. The van der Waals surface area contributed by atoms with E-state index in [0.717, 1.165) is 24.8 Å². The highest BCUT2D eigenvalue weighted by Crippen LogP contribution is 2.51. The lowest BCUT2D eigenvalue weighted by Gasteiger charge is -2.14. The zero-order valence-corrected chi connectivity index (χ0v) is 8.85. The normalized spacial score (nSPS) is 17.1. The molecule has 1 aromatic carbocycles. The Balaban J connectivity index is 2.31. The monoisotopic (exact) mass is 222 g/mol. The van der Waals surface area contributed by atoms with Gasteiger partial charge in [-0.05, 0) is 42.9 Å². The van der Waals surface area contributed by atoms with E-state index >= 15 is 0 Å². The van der Waals surface area contributed by atoms with Crippen LogP contribution in [0.2, 0.25) is 0 Å². The molecule has 1 aliphatic carbocycles. The van der Waals surface area contributed by atoms with Crippen molar-refractivity contribution in [3.05, 3.63) is 33.9 Å². The van der Waals surface area contributed by atoms with E-state index in [1.807, 2.05) is 0 Å². The number of benzene rings is 1. The Kier molecular flexibility index (Phi) is 2.55. The van der Waals surface area contributed by atoms with Crippen LogP contribution in [-0.2, 0) is 5.41 Å². The first-order valence-electron chi connectivity index (χ1n) is 5.27. The molecule has 1 fully saturated rings. The SMILES string of the molecule is NCCC1(c2ccc([N+](=O)[O-])c(O)c2)CC1. The number of phenols is 1. The van der Waals surface area contributed by atoms with Gasteiger partial charge in [-0.15, -0.1) is 0 Å². The van der Waals surface area contributed by atoms with E-state index in [1.54, 1.807) is 6.07 Å². The number of aromatic hydroxyl groups is 1. The zero-order valence-electron chi connectivity index (χ0n) is 8.85. The molecule has 0 bridgehead atoms. The largest absolute Gasteiger partial charge is 0.502 e. The van der Waals surface area contributed by atoms with Gasteiger partial charge in [-0.2, -0.15) is 0 Å². The minimum atomic E-state index is -0.582. The molecule has 0 aliphatic heterocycles. The van der Waals surface area contributed by atoms with Crippen molar-refractivity contribution in [2.24, 2.45) is 5.73 Å². The number of hydrogen-bond acceptors (Lipinski definition) is 4. The smallest absolute Gasteiger partial charge is 0.310 e. The fourth-order valence-corrected chi connectivity index (χ4v) is 2.12. The molecule has 1 aliphatic rings. The molecule has 0 amide bonds. The molecule has 5 heteroatoms. The third kappa shape index (κ3) is 1.74. The molecule has 0 atom stereocenters. The average Bonchev–Trinajstić information content (AvgIpc) is 2.99. The van der Waals surface area contributed by atoms with Crippen LogP contribution in [0.1, 0.15) is 24.8 Å². The summed E-state index contributed by atoms with van der Waals surface area (Å²) in [5.41, 5.74) is 6.31. The number of nitro groups is 1. The summed E-state index contributed by atoms with van der Waals surface area (Å²) in [4.78, 5) is 9.97. The van der Waals surface area contributed by atoms with E-state index in [0.29, 0.717) is 6.54 Å². The number of phenolic OH excluding ortho intramolecular Hbond substituents is 1. The van der Waals surface area contributed by atoms with E-state index in [4.69, 9.17) is 5.73 Å². The Morgan fingerprint density at radius 2 is 2.19 bits per heavy atom. The van der Waals surface area contributed by atoms with Crippen LogP contribution in [0.4, 0.5) is 5.69 Å². The molecule has 16 heavy (non-hydrogen) atoms. The quantitative estimate of drug-likeness (QED) is 0.599. The number of nitrogens with zero attached hydrogens (tertiary/aromatic N) is 1. The minimum Gasteiger partial charge on any atom is -0.502 e. The van der Waals surface area contributed by atoms with Gasteiger partial charge in [0, 0.05) is 6.07 Å². The van der Waals surface area contributed by atoms with E-state index in [1.165, 1.54) is 12.1 Å². The Hall–Kier alpha value is -1.62. The van der Waals surface area contributed by atoms with Gasteiger partial charge >= 0.3 is 5.69 Å². The topological polar surface area (TPSA) is 89.4 Å². The van der Waals surface area contributed by atoms with Gasteiger partial charge in [0.05, 0.1) is 4.92 Å². The highest BCUT2D eigenvalue weighted by molar-refractivity contribution is 5.50. The maximum atomic E-state index is 10.5. The molecule has 0 unspecified atom stereocenters. The number of rotatable bonds is 4. The van der Waals surface area contributed by atoms with E-state index in [9.17, 15) is 15.2 Å². The Bertz CT molecular complexity index is 427. The summed E-state index contributed by atoms with van der Waals surface area (Å²) in [6.07, 6.45) is 2.95. The van der Waals surface area contributed by atoms with Crippen LogP contribution in [0.5, 0.6) is 5.75 Å². The lowest BCUT2D eigenvalue weighted by atomic mass is 9.92. The zero-order chi connectivity index (χ0) is 11.8. The molecule has 0 saturated heterocycles. The van der Waals surface area contributed by atoms with Crippen LogP contribution in [0.25, 0.3) is 0 Å². The van der Waals surface area contributed by atoms with Gasteiger partial charge in [0.15, 0.2) is 5.75 Å². The lowest BCUT2D eigenvalue weighted by molar-refractivity contribution is -0.385. The third-order valence-corrected chi connectivity index (χ3v) is 3.26. The second-order valence-electron chi connectivity index (χ2n) is 4.28. The van der Waals surface area contributed by atoms with Crippen LogP contribution < -0.4 is 5.73 Å². The molecule has 1 aromatic rings. The summed E-state index contributed by atoms with van der Waals surface area (Å²) in [6.45, 7) is 0.595. The molecule has 0 aromatic heterocycles. The molecule has 2 rings (SSSR count). The van der Waals surface area contributed by atoms with Gasteiger partial charge in [-0.3, -0.25) is 10.1 Å². The highest BCUT2D eigenvalue weighted by Gasteiger charge is 2.43.